The highest BCUT2D eigenvalue weighted by atomic mass is 19.1. The van der Waals surface area contributed by atoms with Gasteiger partial charge in [-0.05, 0) is 37.8 Å². The minimum Gasteiger partial charge on any atom is -0.493 e. The van der Waals surface area contributed by atoms with Crippen LogP contribution in [0.5, 0.6) is 5.75 Å². The lowest BCUT2D eigenvalue weighted by atomic mass is 9.95. The Morgan fingerprint density at radius 3 is 2.78 bits per heavy atom. The molecule has 0 aliphatic carbocycles. The van der Waals surface area contributed by atoms with Crippen LogP contribution in [0.3, 0.4) is 0 Å². The van der Waals surface area contributed by atoms with E-state index >= 15 is 0 Å². The van der Waals surface area contributed by atoms with Gasteiger partial charge in [-0.25, -0.2) is 4.39 Å². The van der Waals surface area contributed by atoms with Crippen molar-refractivity contribution in [1.29, 1.82) is 0 Å². The van der Waals surface area contributed by atoms with Gasteiger partial charge in [0.2, 0.25) is 0 Å². The summed E-state index contributed by atoms with van der Waals surface area (Å²) in [5, 5.41) is 9.98. The molecule has 0 spiro atoms. The molecule has 0 amide bonds. The number of hydrogen-bond acceptors (Lipinski definition) is 3. The molecular formula is C14H22FNO2. The molecule has 0 fully saturated rings. The highest BCUT2D eigenvalue weighted by molar-refractivity contribution is 5.32. The number of hydrogen-bond donors (Lipinski definition) is 2. The number of benzene rings is 1. The van der Waals surface area contributed by atoms with Crippen molar-refractivity contribution in [2.75, 3.05) is 13.2 Å². The van der Waals surface area contributed by atoms with Crippen LogP contribution in [0, 0.1) is 12.7 Å². The zero-order chi connectivity index (χ0) is 13.6. The lowest BCUT2D eigenvalue weighted by Gasteiger charge is -2.24. The van der Waals surface area contributed by atoms with Gasteiger partial charge in [0.05, 0.1) is 12.2 Å². The molecule has 3 nitrogen and oxygen atoms in total. The lowest BCUT2D eigenvalue weighted by molar-refractivity contribution is 0.0308. The van der Waals surface area contributed by atoms with E-state index in [1.165, 1.54) is 12.1 Å². The first kappa shape index (κ1) is 14.9. The smallest absolute Gasteiger partial charge is 0.126 e. The van der Waals surface area contributed by atoms with Gasteiger partial charge in [-0.1, -0.05) is 13.0 Å². The Hall–Kier alpha value is -1.13. The maximum absolute atomic E-state index is 13.0. The summed E-state index contributed by atoms with van der Waals surface area (Å²) in [4.78, 5) is 0. The van der Waals surface area contributed by atoms with Gasteiger partial charge in [0.1, 0.15) is 11.6 Å². The summed E-state index contributed by atoms with van der Waals surface area (Å²) in [5.41, 5.74) is 5.61. The number of nitrogens with two attached hydrogens (primary N) is 1. The zero-order valence-corrected chi connectivity index (χ0v) is 11.1. The van der Waals surface area contributed by atoms with Crippen LogP contribution in [0.2, 0.25) is 0 Å². The van der Waals surface area contributed by atoms with Crippen LogP contribution < -0.4 is 10.5 Å². The summed E-state index contributed by atoms with van der Waals surface area (Å²) in [6.07, 6.45) is 1.91. The summed E-state index contributed by atoms with van der Waals surface area (Å²) in [7, 11) is 0. The predicted octanol–water partition coefficient (Wildman–Crippen LogP) is 2.39. The molecule has 0 saturated heterocycles. The molecule has 4 heteroatoms. The molecule has 0 aliphatic rings. The van der Waals surface area contributed by atoms with E-state index in [-0.39, 0.29) is 12.4 Å². The molecule has 0 bridgehead atoms. The lowest BCUT2D eigenvalue weighted by Crippen LogP contribution is -2.37. The highest BCUT2D eigenvalue weighted by Gasteiger charge is 2.21. The Balaban J connectivity index is 2.40. The van der Waals surface area contributed by atoms with Gasteiger partial charge < -0.3 is 15.6 Å². The van der Waals surface area contributed by atoms with Crippen LogP contribution in [0.4, 0.5) is 4.39 Å². The second kappa shape index (κ2) is 6.71. The normalized spacial score (nSPS) is 14.3. The molecule has 0 heterocycles. The van der Waals surface area contributed by atoms with Gasteiger partial charge in [-0.3, -0.25) is 0 Å². The third-order valence-corrected chi connectivity index (χ3v) is 3.23. The van der Waals surface area contributed by atoms with Gasteiger partial charge in [-0.2, -0.15) is 0 Å². The average Bonchev–Trinajstić information content (AvgIpc) is 2.38. The number of aliphatic hydroxyl groups is 1. The second-order valence-corrected chi connectivity index (χ2v) is 4.64. The quantitative estimate of drug-likeness (QED) is 0.736. The first-order valence-corrected chi connectivity index (χ1v) is 6.32. The molecule has 0 aromatic heterocycles. The van der Waals surface area contributed by atoms with E-state index in [0.717, 1.165) is 5.56 Å². The fourth-order valence-corrected chi connectivity index (χ4v) is 1.74. The number of halogens is 1. The van der Waals surface area contributed by atoms with E-state index in [9.17, 15) is 9.50 Å². The Bertz CT molecular complexity index is 378. The van der Waals surface area contributed by atoms with Gasteiger partial charge in [0.15, 0.2) is 0 Å². The van der Waals surface area contributed by atoms with Crippen molar-refractivity contribution >= 4 is 0 Å². The summed E-state index contributed by atoms with van der Waals surface area (Å²) in [6.45, 7) is 4.48. The van der Waals surface area contributed by atoms with E-state index in [4.69, 9.17) is 10.5 Å². The molecule has 1 rings (SSSR count). The number of aryl methyl sites for hydroxylation is 1. The molecular weight excluding hydrogens is 233 g/mol. The van der Waals surface area contributed by atoms with Gasteiger partial charge >= 0.3 is 0 Å². The van der Waals surface area contributed by atoms with Crippen LogP contribution in [0.1, 0.15) is 31.7 Å². The average molecular weight is 255 g/mol. The molecule has 0 radical (unpaired) electrons. The zero-order valence-electron chi connectivity index (χ0n) is 11.1. The molecule has 3 N–H and O–H groups in total. The summed E-state index contributed by atoms with van der Waals surface area (Å²) in [5.74, 6) is 0.255. The van der Waals surface area contributed by atoms with Gasteiger partial charge in [0.25, 0.3) is 0 Å². The Morgan fingerprint density at radius 2 is 2.17 bits per heavy atom. The predicted molar refractivity (Wildman–Crippen MR) is 70.2 cm³/mol. The first-order chi connectivity index (χ1) is 8.50. The SMILES string of the molecule is CCC(O)(CN)CCCOc1cc(F)ccc1C. The van der Waals surface area contributed by atoms with Gasteiger partial charge in [-0.15, -0.1) is 0 Å². The molecule has 1 aromatic carbocycles. The van der Waals surface area contributed by atoms with E-state index in [1.54, 1.807) is 6.07 Å². The van der Waals surface area contributed by atoms with Crippen LogP contribution in [0.25, 0.3) is 0 Å². The highest BCUT2D eigenvalue weighted by Crippen LogP contribution is 2.20. The van der Waals surface area contributed by atoms with Crippen molar-refractivity contribution in [1.82, 2.24) is 0 Å². The fraction of sp³-hybridized carbons (Fsp3) is 0.571. The summed E-state index contributed by atoms with van der Waals surface area (Å²) >= 11 is 0. The third-order valence-electron chi connectivity index (χ3n) is 3.23. The van der Waals surface area contributed by atoms with E-state index < -0.39 is 5.60 Å². The van der Waals surface area contributed by atoms with E-state index in [1.807, 2.05) is 13.8 Å². The fourth-order valence-electron chi connectivity index (χ4n) is 1.74. The Morgan fingerprint density at radius 1 is 1.44 bits per heavy atom. The summed E-state index contributed by atoms with van der Waals surface area (Å²) < 4.78 is 18.5. The van der Waals surface area contributed by atoms with Crippen LogP contribution in [0.15, 0.2) is 18.2 Å². The largest absolute Gasteiger partial charge is 0.493 e. The molecule has 18 heavy (non-hydrogen) atoms. The van der Waals surface area contributed by atoms with Crippen molar-refractivity contribution in [3.05, 3.63) is 29.6 Å². The second-order valence-electron chi connectivity index (χ2n) is 4.64. The summed E-state index contributed by atoms with van der Waals surface area (Å²) in [6, 6.07) is 4.48. The van der Waals surface area contributed by atoms with Crippen molar-refractivity contribution in [3.63, 3.8) is 0 Å². The van der Waals surface area contributed by atoms with Crippen molar-refractivity contribution in [2.45, 2.75) is 38.7 Å². The molecule has 0 saturated carbocycles. The molecule has 1 atom stereocenters. The minimum atomic E-state index is -0.805. The van der Waals surface area contributed by atoms with Crippen molar-refractivity contribution in [3.8, 4) is 5.75 Å². The van der Waals surface area contributed by atoms with Crippen LogP contribution >= 0.6 is 0 Å². The standard InChI is InChI=1S/C14H22FNO2/c1-3-14(17,10-16)7-4-8-18-13-9-12(15)6-5-11(13)2/h5-6,9,17H,3-4,7-8,10,16H2,1-2H3. The monoisotopic (exact) mass is 255 g/mol. The molecule has 1 aromatic rings. The molecule has 1 unspecified atom stereocenters. The Kier molecular flexibility index (Phi) is 5.56. The molecule has 102 valence electrons. The van der Waals surface area contributed by atoms with E-state index in [0.29, 0.717) is 31.6 Å². The minimum absolute atomic E-state index is 0.252. The van der Waals surface area contributed by atoms with Crippen molar-refractivity contribution in [2.24, 2.45) is 5.73 Å². The maximum atomic E-state index is 13.0. The van der Waals surface area contributed by atoms with Crippen LogP contribution in [-0.2, 0) is 0 Å². The third kappa shape index (κ3) is 4.27. The number of ether oxygens (including phenoxy) is 1. The van der Waals surface area contributed by atoms with Crippen molar-refractivity contribution < 1.29 is 14.2 Å². The van der Waals surface area contributed by atoms with Crippen LogP contribution in [-0.4, -0.2) is 23.9 Å². The maximum Gasteiger partial charge on any atom is 0.126 e. The van der Waals surface area contributed by atoms with E-state index in [2.05, 4.69) is 0 Å². The Labute approximate surface area is 108 Å². The first-order valence-electron chi connectivity index (χ1n) is 6.32. The topological polar surface area (TPSA) is 55.5 Å². The van der Waals surface area contributed by atoms with Gasteiger partial charge in [0, 0.05) is 12.6 Å². The number of rotatable bonds is 7. The molecule has 0 aliphatic heterocycles.